The molecule has 6 heteroatoms. The molecule has 25 heavy (non-hydrogen) atoms. The second-order valence-corrected chi connectivity index (χ2v) is 5.03. The van der Waals surface area contributed by atoms with Crippen molar-refractivity contribution in [3.05, 3.63) is 53.3 Å². The summed E-state index contributed by atoms with van der Waals surface area (Å²) in [5, 5.41) is 11.6. The molecule has 2 aromatic rings. The van der Waals surface area contributed by atoms with Crippen molar-refractivity contribution in [2.45, 2.75) is 13.8 Å². The molecule has 6 nitrogen and oxygen atoms in total. The fourth-order valence-corrected chi connectivity index (χ4v) is 2.12. The molecule has 0 saturated heterocycles. The molecule has 0 aliphatic heterocycles. The molecule has 0 bridgehead atoms. The molecule has 1 amide bonds. The first-order valence-electron chi connectivity index (χ1n) is 7.86. The van der Waals surface area contributed by atoms with Gasteiger partial charge in [0.05, 0.1) is 12.2 Å². The normalized spacial score (nSPS) is 10.8. The highest BCUT2D eigenvalue weighted by Crippen LogP contribution is 2.24. The SMILES string of the molecule is CCNC(=O)/C(C#N)=C\c1ccc(-c2ccc(C(=O)OCC)cc2)o1. The Morgan fingerprint density at radius 2 is 1.92 bits per heavy atom. The smallest absolute Gasteiger partial charge is 0.338 e. The largest absolute Gasteiger partial charge is 0.462 e. The second kappa shape index (κ2) is 8.50. The van der Waals surface area contributed by atoms with Crippen molar-refractivity contribution in [2.24, 2.45) is 0 Å². The van der Waals surface area contributed by atoms with E-state index in [1.807, 2.05) is 6.07 Å². The number of hydrogen-bond donors (Lipinski definition) is 1. The Labute approximate surface area is 145 Å². The standard InChI is InChI=1S/C19H18N2O4/c1-3-21-18(22)15(12-20)11-16-9-10-17(25-16)13-5-7-14(8-6-13)19(23)24-4-2/h5-11H,3-4H2,1-2H3,(H,21,22)/b15-11-. The summed E-state index contributed by atoms with van der Waals surface area (Å²) in [6.07, 6.45) is 1.39. The molecular weight excluding hydrogens is 320 g/mol. The van der Waals surface area contributed by atoms with E-state index in [9.17, 15) is 9.59 Å². The maximum absolute atomic E-state index is 11.7. The van der Waals surface area contributed by atoms with Gasteiger partial charge in [-0.3, -0.25) is 4.79 Å². The second-order valence-electron chi connectivity index (χ2n) is 5.03. The minimum Gasteiger partial charge on any atom is -0.462 e. The molecule has 0 spiro atoms. The number of benzene rings is 1. The van der Waals surface area contributed by atoms with Crippen LogP contribution in [0.15, 0.2) is 46.4 Å². The van der Waals surface area contributed by atoms with E-state index in [0.717, 1.165) is 5.56 Å². The van der Waals surface area contributed by atoms with Crippen molar-refractivity contribution in [1.29, 1.82) is 5.26 Å². The third-order valence-electron chi connectivity index (χ3n) is 3.30. The van der Waals surface area contributed by atoms with E-state index in [2.05, 4.69) is 5.32 Å². The molecule has 0 atom stereocenters. The first kappa shape index (κ1) is 18.0. The number of carbonyl (C=O) groups is 2. The van der Waals surface area contributed by atoms with Crippen LogP contribution in [-0.4, -0.2) is 25.0 Å². The molecule has 0 radical (unpaired) electrons. The lowest BCUT2D eigenvalue weighted by atomic mass is 10.1. The van der Waals surface area contributed by atoms with E-state index >= 15 is 0 Å². The van der Waals surface area contributed by atoms with Crippen molar-refractivity contribution < 1.29 is 18.7 Å². The number of hydrogen-bond acceptors (Lipinski definition) is 5. The van der Waals surface area contributed by atoms with Crippen LogP contribution in [0.1, 0.15) is 30.0 Å². The lowest BCUT2D eigenvalue weighted by molar-refractivity contribution is -0.116. The van der Waals surface area contributed by atoms with Crippen LogP contribution in [0.3, 0.4) is 0 Å². The van der Waals surface area contributed by atoms with Crippen molar-refractivity contribution in [3.8, 4) is 17.4 Å². The van der Waals surface area contributed by atoms with Crippen molar-refractivity contribution in [2.75, 3.05) is 13.2 Å². The summed E-state index contributed by atoms with van der Waals surface area (Å²) in [6, 6.07) is 12.1. The summed E-state index contributed by atoms with van der Waals surface area (Å²) in [4.78, 5) is 23.4. The Morgan fingerprint density at radius 3 is 2.52 bits per heavy atom. The summed E-state index contributed by atoms with van der Waals surface area (Å²) in [6.45, 7) is 4.29. The van der Waals surface area contributed by atoms with Gasteiger partial charge in [-0.25, -0.2) is 4.79 Å². The highest BCUT2D eigenvalue weighted by molar-refractivity contribution is 6.01. The molecule has 1 heterocycles. The van der Waals surface area contributed by atoms with Crippen molar-refractivity contribution in [1.82, 2.24) is 5.32 Å². The Morgan fingerprint density at radius 1 is 1.20 bits per heavy atom. The van der Waals surface area contributed by atoms with Crippen LogP contribution in [-0.2, 0) is 9.53 Å². The number of esters is 1. The van der Waals surface area contributed by atoms with Gasteiger partial charge >= 0.3 is 5.97 Å². The van der Waals surface area contributed by atoms with Gasteiger partial charge in [0.2, 0.25) is 0 Å². The van der Waals surface area contributed by atoms with Gasteiger partial charge in [-0.05, 0) is 38.1 Å². The fourth-order valence-electron chi connectivity index (χ4n) is 2.12. The van der Waals surface area contributed by atoms with E-state index in [-0.39, 0.29) is 11.5 Å². The Balaban J connectivity index is 2.19. The molecule has 0 fully saturated rings. The molecule has 0 unspecified atom stereocenters. The van der Waals surface area contributed by atoms with Crippen LogP contribution in [0.25, 0.3) is 17.4 Å². The average molecular weight is 338 g/mol. The van der Waals surface area contributed by atoms with Crippen LogP contribution < -0.4 is 5.32 Å². The number of nitrogens with zero attached hydrogens (tertiary/aromatic N) is 1. The van der Waals surface area contributed by atoms with Gasteiger partial charge in [-0.1, -0.05) is 12.1 Å². The number of nitriles is 1. The van der Waals surface area contributed by atoms with E-state index in [0.29, 0.717) is 30.2 Å². The number of nitrogens with one attached hydrogen (secondary N) is 1. The van der Waals surface area contributed by atoms with E-state index < -0.39 is 5.91 Å². The summed E-state index contributed by atoms with van der Waals surface area (Å²) < 4.78 is 10.6. The van der Waals surface area contributed by atoms with Gasteiger partial charge in [0, 0.05) is 18.2 Å². The minimum absolute atomic E-state index is 0.0274. The van der Waals surface area contributed by atoms with Crippen molar-refractivity contribution >= 4 is 18.0 Å². The van der Waals surface area contributed by atoms with E-state index in [4.69, 9.17) is 14.4 Å². The molecule has 1 N–H and O–H groups in total. The van der Waals surface area contributed by atoms with E-state index in [1.165, 1.54) is 6.08 Å². The molecule has 0 aliphatic rings. The number of likely N-dealkylation sites (N-methyl/N-ethyl adjacent to an activating group) is 1. The Bertz CT molecular complexity index is 826. The highest BCUT2D eigenvalue weighted by atomic mass is 16.5. The summed E-state index contributed by atoms with van der Waals surface area (Å²) in [5.74, 6) is 0.140. The summed E-state index contributed by atoms with van der Waals surface area (Å²) in [7, 11) is 0. The van der Waals surface area contributed by atoms with Crippen LogP contribution >= 0.6 is 0 Å². The van der Waals surface area contributed by atoms with Crippen LogP contribution in [0.5, 0.6) is 0 Å². The molecule has 128 valence electrons. The van der Waals surface area contributed by atoms with Crippen LogP contribution in [0.2, 0.25) is 0 Å². The van der Waals surface area contributed by atoms with Crippen molar-refractivity contribution in [3.63, 3.8) is 0 Å². The number of ether oxygens (including phenoxy) is 1. The molecule has 1 aromatic carbocycles. The maximum atomic E-state index is 11.7. The molecule has 1 aromatic heterocycles. The first-order valence-corrected chi connectivity index (χ1v) is 7.86. The number of amides is 1. The van der Waals surface area contributed by atoms with Gasteiger partial charge < -0.3 is 14.5 Å². The molecule has 0 aliphatic carbocycles. The lowest BCUT2D eigenvalue weighted by Crippen LogP contribution is -2.23. The Kier molecular flexibility index (Phi) is 6.13. The minimum atomic E-state index is -0.443. The predicted molar refractivity (Wildman–Crippen MR) is 92.4 cm³/mol. The number of rotatable bonds is 6. The zero-order chi connectivity index (χ0) is 18.2. The van der Waals surface area contributed by atoms with Gasteiger partial charge in [-0.2, -0.15) is 5.26 Å². The van der Waals surface area contributed by atoms with Gasteiger partial charge in [-0.15, -0.1) is 0 Å². The predicted octanol–water partition coefficient (Wildman–Crippen LogP) is 3.17. The Hall–Kier alpha value is -3.33. The maximum Gasteiger partial charge on any atom is 0.338 e. The number of furan rings is 1. The summed E-state index contributed by atoms with van der Waals surface area (Å²) in [5.41, 5.74) is 1.20. The topological polar surface area (TPSA) is 92.3 Å². The fraction of sp³-hybridized carbons (Fsp3) is 0.211. The van der Waals surface area contributed by atoms with Crippen LogP contribution in [0.4, 0.5) is 0 Å². The van der Waals surface area contributed by atoms with Crippen LogP contribution in [0, 0.1) is 11.3 Å². The third-order valence-corrected chi connectivity index (χ3v) is 3.30. The molecule has 2 rings (SSSR count). The quantitative estimate of drug-likeness (QED) is 0.496. The zero-order valence-electron chi connectivity index (χ0n) is 14.0. The zero-order valence-corrected chi connectivity index (χ0v) is 14.0. The highest BCUT2D eigenvalue weighted by Gasteiger charge is 2.11. The van der Waals surface area contributed by atoms with Gasteiger partial charge in [0.25, 0.3) is 5.91 Å². The van der Waals surface area contributed by atoms with Gasteiger partial charge in [0.15, 0.2) is 0 Å². The van der Waals surface area contributed by atoms with E-state index in [1.54, 1.807) is 50.2 Å². The molecule has 0 saturated carbocycles. The lowest BCUT2D eigenvalue weighted by Gasteiger charge is -2.02. The first-order chi connectivity index (χ1) is 12.1. The third kappa shape index (κ3) is 4.58. The summed E-state index contributed by atoms with van der Waals surface area (Å²) >= 11 is 0. The monoisotopic (exact) mass is 338 g/mol. The average Bonchev–Trinajstić information content (AvgIpc) is 3.09. The molecular formula is C19H18N2O4. The van der Waals surface area contributed by atoms with Gasteiger partial charge in [0.1, 0.15) is 23.2 Å². The number of carbonyl (C=O) groups excluding carboxylic acids is 2.